The zero-order valence-electron chi connectivity index (χ0n) is 10.1. The van der Waals surface area contributed by atoms with Crippen molar-refractivity contribution in [1.29, 1.82) is 0 Å². The molecule has 2 N–H and O–H groups in total. The molecule has 0 saturated carbocycles. The van der Waals surface area contributed by atoms with Crippen molar-refractivity contribution >= 4 is 0 Å². The van der Waals surface area contributed by atoms with Gasteiger partial charge < -0.3 is 10.4 Å². The molecule has 0 aromatic carbocycles. The third kappa shape index (κ3) is 10.0. The lowest BCUT2D eigenvalue weighted by Crippen LogP contribution is -2.31. The fraction of sp³-hybridized carbons (Fsp3) is 1.00. The molecule has 0 aromatic heterocycles. The molecule has 2 heteroatoms. The lowest BCUT2D eigenvalue weighted by Gasteiger charge is -2.13. The molecule has 1 atom stereocenters. The summed E-state index contributed by atoms with van der Waals surface area (Å²) in [6.45, 7) is 7.18. The molecule has 0 aliphatic carbocycles. The molecular formula is C12H27NO. The van der Waals surface area contributed by atoms with Crippen LogP contribution >= 0.6 is 0 Å². The van der Waals surface area contributed by atoms with Crippen LogP contribution in [0.25, 0.3) is 0 Å². The summed E-state index contributed by atoms with van der Waals surface area (Å²) >= 11 is 0. The van der Waals surface area contributed by atoms with Gasteiger partial charge in [0.1, 0.15) is 0 Å². The zero-order chi connectivity index (χ0) is 10.8. The predicted molar refractivity (Wildman–Crippen MR) is 62.5 cm³/mol. The van der Waals surface area contributed by atoms with E-state index in [2.05, 4.69) is 26.1 Å². The summed E-state index contributed by atoms with van der Waals surface area (Å²) in [6.07, 6.45) is 7.18. The Labute approximate surface area is 89.1 Å². The summed E-state index contributed by atoms with van der Waals surface area (Å²) in [4.78, 5) is 0. The minimum atomic E-state index is -0.154. The van der Waals surface area contributed by atoms with Crippen LogP contribution in [0.5, 0.6) is 0 Å². The Morgan fingerprint density at radius 2 is 1.71 bits per heavy atom. The van der Waals surface area contributed by atoms with E-state index in [1.807, 2.05) is 0 Å². The molecule has 0 aliphatic rings. The first kappa shape index (κ1) is 13.9. The standard InChI is InChI=1S/C12H27NO/c1-4-5-6-7-8-9-12(14)10-13-11(2)3/h11-14H,4-10H2,1-3H3. The summed E-state index contributed by atoms with van der Waals surface area (Å²) in [7, 11) is 0. The number of aliphatic hydroxyl groups is 1. The third-order valence-corrected chi connectivity index (χ3v) is 2.40. The molecule has 0 radical (unpaired) electrons. The van der Waals surface area contributed by atoms with Gasteiger partial charge in [-0.15, -0.1) is 0 Å². The molecule has 14 heavy (non-hydrogen) atoms. The van der Waals surface area contributed by atoms with Crippen LogP contribution in [0.4, 0.5) is 0 Å². The van der Waals surface area contributed by atoms with Crippen LogP contribution in [0.1, 0.15) is 59.3 Å². The first-order valence-electron chi connectivity index (χ1n) is 6.08. The van der Waals surface area contributed by atoms with E-state index < -0.39 is 0 Å². The van der Waals surface area contributed by atoms with Crippen molar-refractivity contribution in [3.63, 3.8) is 0 Å². The van der Waals surface area contributed by atoms with Gasteiger partial charge in [0.15, 0.2) is 0 Å². The second-order valence-corrected chi connectivity index (χ2v) is 4.42. The van der Waals surface area contributed by atoms with E-state index in [-0.39, 0.29) is 6.10 Å². The highest BCUT2D eigenvalue weighted by atomic mass is 16.3. The Hall–Kier alpha value is -0.0800. The van der Waals surface area contributed by atoms with Crippen molar-refractivity contribution in [1.82, 2.24) is 5.32 Å². The Morgan fingerprint density at radius 3 is 2.29 bits per heavy atom. The van der Waals surface area contributed by atoms with Crippen molar-refractivity contribution in [2.75, 3.05) is 6.54 Å². The third-order valence-electron chi connectivity index (χ3n) is 2.40. The molecule has 0 amide bonds. The Bertz CT molecular complexity index is 115. The van der Waals surface area contributed by atoms with E-state index in [4.69, 9.17) is 0 Å². The van der Waals surface area contributed by atoms with E-state index >= 15 is 0 Å². The Kier molecular flexibility index (Phi) is 9.42. The van der Waals surface area contributed by atoms with Gasteiger partial charge in [-0.2, -0.15) is 0 Å². The molecular weight excluding hydrogens is 174 g/mol. The fourth-order valence-electron chi connectivity index (χ4n) is 1.46. The number of aliphatic hydroxyl groups excluding tert-OH is 1. The Balaban J connectivity index is 3.14. The predicted octanol–water partition coefficient (Wildman–Crippen LogP) is 2.71. The topological polar surface area (TPSA) is 32.3 Å². The summed E-state index contributed by atoms with van der Waals surface area (Å²) in [5.41, 5.74) is 0. The molecule has 0 bridgehead atoms. The van der Waals surface area contributed by atoms with Gasteiger partial charge in [0.2, 0.25) is 0 Å². The molecule has 1 unspecified atom stereocenters. The molecule has 0 aliphatic heterocycles. The zero-order valence-corrected chi connectivity index (χ0v) is 10.1. The SMILES string of the molecule is CCCCCCCC(O)CNC(C)C. The summed E-state index contributed by atoms with van der Waals surface area (Å²) in [5, 5.41) is 12.8. The van der Waals surface area contributed by atoms with Crippen LogP contribution in [0.3, 0.4) is 0 Å². The van der Waals surface area contributed by atoms with Gasteiger partial charge >= 0.3 is 0 Å². The first-order chi connectivity index (χ1) is 6.66. The smallest absolute Gasteiger partial charge is 0.0664 e. The maximum absolute atomic E-state index is 9.59. The Morgan fingerprint density at radius 1 is 1.07 bits per heavy atom. The lowest BCUT2D eigenvalue weighted by atomic mass is 10.1. The van der Waals surface area contributed by atoms with Crippen LogP contribution in [-0.2, 0) is 0 Å². The van der Waals surface area contributed by atoms with Crippen LogP contribution in [-0.4, -0.2) is 23.8 Å². The quantitative estimate of drug-likeness (QED) is 0.562. The summed E-state index contributed by atoms with van der Waals surface area (Å²) in [6, 6.07) is 0.477. The van der Waals surface area contributed by atoms with Crippen LogP contribution < -0.4 is 5.32 Å². The molecule has 0 heterocycles. The molecule has 86 valence electrons. The molecule has 0 spiro atoms. The van der Waals surface area contributed by atoms with Crippen molar-refractivity contribution in [2.24, 2.45) is 0 Å². The van der Waals surface area contributed by atoms with Gasteiger partial charge in [-0.1, -0.05) is 52.9 Å². The van der Waals surface area contributed by atoms with Crippen LogP contribution in [0.15, 0.2) is 0 Å². The lowest BCUT2D eigenvalue weighted by molar-refractivity contribution is 0.155. The number of nitrogens with one attached hydrogen (secondary N) is 1. The molecule has 0 fully saturated rings. The monoisotopic (exact) mass is 201 g/mol. The van der Waals surface area contributed by atoms with Gasteiger partial charge in [-0.3, -0.25) is 0 Å². The minimum Gasteiger partial charge on any atom is -0.392 e. The average molecular weight is 201 g/mol. The highest BCUT2D eigenvalue weighted by molar-refractivity contribution is 4.62. The maximum Gasteiger partial charge on any atom is 0.0664 e. The van der Waals surface area contributed by atoms with Gasteiger partial charge in [0, 0.05) is 12.6 Å². The first-order valence-corrected chi connectivity index (χ1v) is 6.08. The summed E-state index contributed by atoms with van der Waals surface area (Å²) in [5.74, 6) is 0. The van der Waals surface area contributed by atoms with Crippen molar-refractivity contribution < 1.29 is 5.11 Å². The second-order valence-electron chi connectivity index (χ2n) is 4.42. The highest BCUT2D eigenvalue weighted by Crippen LogP contribution is 2.06. The van der Waals surface area contributed by atoms with E-state index in [1.165, 1.54) is 32.1 Å². The van der Waals surface area contributed by atoms with E-state index in [0.717, 1.165) is 13.0 Å². The number of hydrogen-bond acceptors (Lipinski definition) is 2. The van der Waals surface area contributed by atoms with Crippen LogP contribution in [0, 0.1) is 0 Å². The van der Waals surface area contributed by atoms with Crippen molar-refractivity contribution in [2.45, 2.75) is 71.4 Å². The molecule has 0 aromatic rings. The number of unbranched alkanes of at least 4 members (excludes halogenated alkanes) is 4. The van der Waals surface area contributed by atoms with Gasteiger partial charge in [0.05, 0.1) is 6.10 Å². The maximum atomic E-state index is 9.59. The summed E-state index contributed by atoms with van der Waals surface area (Å²) < 4.78 is 0. The van der Waals surface area contributed by atoms with Gasteiger partial charge in [-0.05, 0) is 6.42 Å². The average Bonchev–Trinajstić information content (AvgIpc) is 2.14. The van der Waals surface area contributed by atoms with E-state index in [9.17, 15) is 5.11 Å². The highest BCUT2D eigenvalue weighted by Gasteiger charge is 2.03. The molecule has 2 nitrogen and oxygen atoms in total. The van der Waals surface area contributed by atoms with Gasteiger partial charge in [-0.25, -0.2) is 0 Å². The normalized spacial score (nSPS) is 13.5. The van der Waals surface area contributed by atoms with Crippen LogP contribution in [0.2, 0.25) is 0 Å². The molecule has 0 rings (SSSR count). The van der Waals surface area contributed by atoms with E-state index in [0.29, 0.717) is 6.04 Å². The number of hydrogen-bond donors (Lipinski definition) is 2. The van der Waals surface area contributed by atoms with Crippen molar-refractivity contribution in [3.05, 3.63) is 0 Å². The largest absolute Gasteiger partial charge is 0.392 e. The van der Waals surface area contributed by atoms with E-state index in [1.54, 1.807) is 0 Å². The fourth-order valence-corrected chi connectivity index (χ4v) is 1.46. The minimum absolute atomic E-state index is 0.154. The van der Waals surface area contributed by atoms with Crippen molar-refractivity contribution in [3.8, 4) is 0 Å². The molecule has 0 saturated heterocycles. The van der Waals surface area contributed by atoms with Gasteiger partial charge in [0.25, 0.3) is 0 Å². The number of rotatable bonds is 9. The second kappa shape index (κ2) is 9.47.